The number of anilines is 1. The Kier molecular flexibility index (Phi) is 4.96. The number of nitrogens with zero attached hydrogens (tertiary/aromatic N) is 1. The summed E-state index contributed by atoms with van der Waals surface area (Å²) in [6, 6.07) is 7.19. The maximum Gasteiger partial charge on any atom is 0.242 e. The van der Waals surface area contributed by atoms with Crippen LogP contribution in [-0.2, 0) is 9.53 Å². The number of carbonyl (C=O) groups excluding carboxylic acids is 2. The van der Waals surface area contributed by atoms with Crippen molar-refractivity contribution in [1.29, 1.82) is 0 Å². The fraction of sp³-hybridized carbons (Fsp3) is 0.500. The quantitative estimate of drug-likeness (QED) is 0.861. The molecule has 2 atom stereocenters. The summed E-state index contributed by atoms with van der Waals surface area (Å²) >= 11 is 0. The van der Waals surface area contributed by atoms with Crippen LogP contribution in [0.15, 0.2) is 24.3 Å². The smallest absolute Gasteiger partial charge is 0.242 e. The largest absolute Gasteiger partial charge is 0.376 e. The molecule has 1 fully saturated rings. The van der Waals surface area contributed by atoms with E-state index in [1.54, 1.807) is 12.1 Å². The number of ether oxygens (including phenoxy) is 1. The lowest BCUT2D eigenvalue weighted by Crippen LogP contribution is -2.49. The van der Waals surface area contributed by atoms with Crippen LogP contribution in [0.5, 0.6) is 0 Å². The molecule has 21 heavy (non-hydrogen) atoms. The van der Waals surface area contributed by atoms with E-state index in [-0.39, 0.29) is 30.4 Å². The first-order chi connectivity index (χ1) is 9.95. The van der Waals surface area contributed by atoms with Crippen molar-refractivity contribution in [3.8, 4) is 0 Å². The number of nitrogens with one attached hydrogen (secondary N) is 1. The summed E-state index contributed by atoms with van der Waals surface area (Å²) in [5.41, 5.74) is 1.42. The van der Waals surface area contributed by atoms with Gasteiger partial charge in [-0.3, -0.25) is 9.59 Å². The fourth-order valence-corrected chi connectivity index (χ4v) is 2.52. The molecule has 1 aromatic rings. The van der Waals surface area contributed by atoms with Gasteiger partial charge >= 0.3 is 0 Å². The van der Waals surface area contributed by atoms with E-state index in [0.717, 1.165) is 5.69 Å². The normalized spacial score (nSPS) is 22.0. The van der Waals surface area contributed by atoms with Gasteiger partial charge < -0.3 is 15.0 Å². The first-order valence-electron chi connectivity index (χ1n) is 7.24. The van der Waals surface area contributed by atoms with Gasteiger partial charge in [0.2, 0.25) is 5.91 Å². The highest BCUT2D eigenvalue weighted by Crippen LogP contribution is 2.13. The maximum atomic E-state index is 12.2. The maximum absolute atomic E-state index is 12.2. The predicted molar refractivity (Wildman–Crippen MR) is 81.5 cm³/mol. The highest BCUT2D eigenvalue weighted by molar-refractivity contribution is 5.95. The van der Waals surface area contributed by atoms with Gasteiger partial charge in [0.15, 0.2) is 5.78 Å². The second-order valence-corrected chi connectivity index (χ2v) is 5.55. The summed E-state index contributed by atoms with van der Waals surface area (Å²) in [5, 5.41) is 3.08. The van der Waals surface area contributed by atoms with Gasteiger partial charge in [-0.25, -0.2) is 0 Å². The van der Waals surface area contributed by atoms with Crippen LogP contribution in [-0.4, -0.2) is 48.4 Å². The van der Waals surface area contributed by atoms with Gasteiger partial charge in [0.25, 0.3) is 0 Å². The van der Waals surface area contributed by atoms with Crippen molar-refractivity contribution in [1.82, 2.24) is 4.90 Å². The first-order valence-corrected chi connectivity index (χ1v) is 7.24. The average molecular weight is 290 g/mol. The van der Waals surface area contributed by atoms with E-state index in [9.17, 15) is 9.59 Å². The highest BCUT2D eigenvalue weighted by atomic mass is 16.5. The van der Waals surface area contributed by atoms with Gasteiger partial charge in [0.1, 0.15) is 0 Å². The third-order valence-electron chi connectivity index (χ3n) is 3.49. The van der Waals surface area contributed by atoms with Gasteiger partial charge in [-0.15, -0.1) is 0 Å². The van der Waals surface area contributed by atoms with Gasteiger partial charge in [-0.05, 0) is 32.9 Å². The lowest BCUT2D eigenvalue weighted by Gasteiger charge is -2.35. The van der Waals surface area contributed by atoms with Crippen molar-refractivity contribution in [2.45, 2.75) is 33.0 Å². The zero-order valence-electron chi connectivity index (χ0n) is 12.8. The van der Waals surface area contributed by atoms with Crippen LogP contribution < -0.4 is 5.32 Å². The third-order valence-corrected chi connectivity index (χ3v) is 3.49. The molecular formula is C16H22N2O3. The van der Waals surface area contributed by atoms with E-state index in [1.165, 1.54) is 6.92 Å². The van der Waals surface area contributed by atoms with Crippen LogP contribution in [0.25, 0.3) is 0 Å². The summed E-state index contributed by atoms with van der Waals surface area (Å²) in [6.07, 6.45) is 0.137. The Balaban J connectivity index is 1.92. The van der Waals surface area contributed by atoms with Crippen LogP contribution in [0, 0.1) is 0 Å². The summed E-state index contributed by atoms with van der Waals surface area (Å²) in [5.74, 6) is 0.0611. The van der Waals surface area contributed by atoms with Crippen molar-refractivity contribution < 1.29 is 14.3 Å². The summed E-state index contributed by atoms with van der Waals surface area (Å²) in [4.78, 5) is 25.4. The van der Waals surface area contributed by atoms with Gasteiger partial charge in [0.05, 0.1) is 18.8 Å². The zero-order valence-corrected chi connectivity index (χ0v) is 12.8. The molecule has 1 amide bonds. The summed E-state index contributed by atoms with van der Waals surface area (Å²) in [6.45, 7) is 6.94. The molecule has 0 bridgehead atoms. The second kappa shape index (κ2) is 6.72. The topological polar surface area (TPSA) is 58.6 Å². The van der Waals surface area contributed by atoms with Crippen LogP contribution >= 0.6 is 0 Å². The van der Waals surface area contributed by atoms with Crippen molar-refractivity contribution in [3.63, 3.8) is 0 Å². The number of hydrogen-bond acceptors (Lipinski definition) is 4. The molecule has 1 saturated heterocycles. The zero-order chi connectivity index (χ0) is 15.4. The molecule has 114 valence electrons. The molecule has 1 heterocycles. The molecule has 1 aliphatic heterocycles. The Bertz CT molecular complexity index is 520. The van der Waals surface area contributed by atoms with E-state index in [2.05, 4.69) is 5.32 Å². The molecule has 1 aromatic carbocycles. The average Bonchev–Trinajstić information content (AvgIpc) is 2.44. The molecule has 0 unspecified atom stereocenters. The number of ketones is 1. The van der Waals surface area contributed by atoms with Crippen LogP contribution in [0.3, 0.4) is 0 Å². The molecule has 1 N–H and O–H groups in total. The molecule has 0 aliphatic carbocycles. The first kappa shape index (κ1) is 15.5. The standard InChI is InChI=1S/C16H22N2O3/c1-11-9-18(10-12(2)21-11)16(20)8-17-15-6-4-5-14(7-15)13(3)19/h4-7,11-12,17H,8-10H2,1-3H3/t11-,12-/m0/s1. The number of rotatable bonds is 4. The third kappa shape index (κ3) is 4.29. The monoisotopic (exact) mass is 290 g/mol. The Hall–Kier alpha value is -1.88. The molecule has 5 heteroatoms. The Morgan fingerprint density at radius 2 is 1.95 bits per heavy atom. The molecular weight excluding hydrogens is 268 g/mol. The minimum atomic E-state index is 0.0146. The molecule has 1 aliphatic rings. The summed E-state index contributed by atoms with van der Waals surface area (Å²) in [7, 11) is 0. The molecule has 0 aromatic heterocycles. The van der Waals surface area contributed by atoms with E-state index in [0.29, 0.717) is 18.7 Å². The fourth-order valence-electron chi connectivity index (χ4n) is 2.52. The van der Waals surface area contributed by atoms with Crippen molar-refractivity contribution in [3.05, 3.63) is 29.8 Å². The number of Topliss-reactive ketones (excluding diaryl/α,β-unsaturated/α-hetero) is 1. The number of morpholine rings is 1. The van der Waals surface area contributed by atoms with Crippen molar-refractivity contribution >= 4 is 17.4 Å². The Morgan fingerprint density at radius 3 is 2.57 bits per heavy atom. The number of hydrogen-bond donors (Lipinski definition) is 1. The minimum absolute atomic E-state index is 0.0146. The Labute approximate surface area is 125 Å². The van der Waals surface area contributed by atoms with Crippen LogP contribution in [0.4, 0.5) is 5.69 Å². The van der Waals surface area contributed by atoms with Gasteiger partial charge in [-0.2, -0.15) is 0 Å². The molecule has 0 radical (unpaired) electrons. The molecule has 2 rings (SSSR count). The molecule has 0 saturated carbocycles. The lowest BCUT2D eigenvalue weighted by molar-refractivity contribution is -0.141. The molecule has 5 nitrogen and oxygen atoms in total. The Morgan fingerprint density at radius 1 is 1.29 bits per heavy atom. The number of carbonyl (C=O) groups is 2. The SMILES string of the molecule is CC(=O)c1cccc(NCC(=O)N2C[C@H](C)O[C@@H](C)C2)c1. The number of amides is 1. The van der Waals surface area contributed by atoms with Gasteiger partial charge in [0, 0.05) is 24.3 Å². The van der Waals surface area contributed by atoms with E-state index in [1.807, 2.05) is 30.9 Å². The van der Waals surface area contributed by atoms with E-state index < -0.39 is 0 Å². The van der Waals surface area contributed by atoms with Crippen LogP contribution in [0.2, 0.25) is 0 Å². The minimum Gasteiger partial charge on any atom is -0.376 e. The van der Waals surface area contributed by atoms with Gasteiger partial charge in [-0.1, -0.05) is 12.1 Å². The lowest BCUT2D eigenvalue weighted by atomic mass is 10.1. The van der Waals surface area contributed by atoms with Crippen LogP contribution in [0.1, 0.15) is 31.1 Å². The molecule has 0 spiro atoms. The van der Waals surface area contributed by atoms with E-state index >= 15 is 0 Å². The number of benzene rings is 1. The second-order valence-electron chi connectivity index (χ2n) is 5.55. The summed E-state index contributed by atoms with van der Waals surface area (Å²) < 4.78 is 5.62. The van der Waals surface area contributed by atoms with E-state index in [4.69, 9.17) is 4.74 Å². The predicted octanol–water partition coefficient (Wildman–Crippen LogP) is 1.94. The van der Waals surface area contributed by atoms with Crippen molar-refractivity contribution in [2.75, 3.05) is 25.0 Å². The van der Waals surface area contributed by atoms with Crippen molar-refractivity contribution in [2.24, 2.45) is 0 Å². The highest BCUT2D eigenvalue weighted by Gasteiger charge is 2.25.